The number of rotatable bonds is 4. The fraction of sp³-hybridized carbons (Fsp3) is 0.143. The van der Waals surface area contributed by atoms with Crippen LogP contribution in [0.2, 0.25) is 0 Å². The second-order valence-corrected chi connectivity index (χ2v) is 8.99. The molecule has 1 aromatic heterocycles. The van der Waals surface area contributed by atoms with Crippen molar-refractivity contribution in [3.8, 4) is 22.5 Å². The van der Waals surface area contributed by atoms with E-state index in [9.17, 15) is 9.18 Å². The Morgan fingerprint density at radius 2 is 1.98 bits per heavy atom. The lowest BCUT2D eigenvalue weighted by atomic mass is 9.98. The van der Waals surface area contributed by atoms with Crippen molar-refractivity contribution in [2.75, 3.05) is 17.2 Å². The van der Waals surface area contributed by atoms with Crippen LogP contribution in [0.3, 0.4) is 0 Å². The summed E-state index contributed by atoms with van der Waals surface area (Å²) >= 11 is 0. The molecule has 2 aromatic carbocycles. The van der Waals surface area contributed by atoms with E-state index < -0.39 is 11.7 Å². The monoisotopic (exact) mass is 540 g/mol. The number of anilines is 2. The van der Waals surface area contributed by atoms with Crippen molar-refractivity contribution in [2.24, 2.45) is 12.0 Å². The van der Waals surface area contributed by atoms with Gasteiger partial charge in [0.05, 0.1) is 18.0 Å². The van der Waals surface area contributed by atoms with Gasteiger partial charge in [0, 0.05) is 43.1 Å². The number of fused-ring (bicyclic) bond motifs is 3. The summed E-state index contributed by atoms with van der Waals surface area (Å²) in [6.07, 6.45) is 5.23. The van der Waals surface area contributed by atoms with Gasteiger partial charge in [-0.2, -0.15) is 10.1 Å². The molecule has 3 aliphatic heterocycles. The Morgan fingerprint density at radius 3 is 2.73 bits per heavy atom. The summed E-state index contributed by atoms with van der Waals surface area (Å²) < 4.78 is 17.9. The molecule has 3 aromatic rings. The standard InChI is InChI=1S/C27H23FN8O.CH2O2/c1-16-7-8-18(32-26(37)20-5-3-4-6-23(20)28)12-21(16)22-11-17-13-30-27(33-19-14-31-35(2)15-19)34-24(17)36-10-9-29-25(22)36;2-1-3/h3-8,11-15,29H,9-10H2,1-2H3,(H,32,37);1H,(H,2,3). The first-order valence-electron chi connectivity index (χ1n) is 12.3. The van der Waals surface area contributed by atoms with Gasteiger partial charge < -0.3 is 20.3 Å². The molecule has 6 rings (SSSR count). The van der Waals surface area contributed by atoms with Crippen LogP contribution in [0.5, 0.6) is 0 Å². The summed E-state index contributed by atoms with van der Waals surface area (Å²) in [6, 6.07) is 13.6. The van der Waals surface area contributed by atoms with Crippen LogP contribution >= 0.6 is 0 Å². The third-order valence-electron chi connectivity index (χ3n) is 6.32. The molecule has 3 aliphatic rings. The molecule has 12 heteroatoms. The average Bonchev–Trinajstić information content (AvgIpc) is 3.59. The molecule has 0 spiro atoms. The zero-order valence-electron chi connectivity index (χ0n) is 21.7. The first-order valence-corrected chi connectivity index (χ1v) is 12.3. The maximum Gasteiger partial charge on any atom is 0.290 e. The van der Waals surface area contributed by atoms with Gasteiger partial charge in [0.1, 0.15) is 23.1 Å². The van der Waals surface area contributed by atoms with Crippen LogP contribution in [0.15, 0.2) is 72.1 Å². The largest absolute Gasteiger partial charge is 0.483 e. The minimum Gasteiger partial charge on any atom is -0.483 e. The third-order valence-corrected chi connectivity index (χ3v) is 6.32. The van der Waals surface area contributed by atoms with Crippen molar-refractivity contribution in [3.63, 3.8) is 0 Å². The molecule has 0 atom stereocenters. The van der Waals surface area contributed by atoms with Gasteiger partial charge in [-0.15, -0.1) is 0 Å². The van der Waals surface area contributed by atoms with Gasteiger partial charge in [0.25, 0.3) is 18.0 Å². The molecule has 40 heavy (non-hydrogen) atoms. The Balaban J connectivity index is 0.00000103. The first kappa shape index (κ1) is 26.2. The minimum absolute atomic E-state index is 0.00176. The van der Waals surface area contributed by atoms with E-state index >= 15 is 0 Å². The molecule has 1 amide bonds. The van der Waals surface area contributed by atoms with Gasteiger partial charge in [0.15, 0.2) is 0 Å². The number of nitrogens with one attached hydrogen (secondary N) is 2. The van der Waals surface area contributed by atoms with E-state index in [0.717, 1.165) is 47.0 Å². The van der Waals surface area contributed by atoms with Gasteiger partial charge in [0.2, 0.25) is 0 Å². The van der Waals surface area contributed by atoms with E-state index in [4.69, 9.17) is 14.9 Å². The highest BCUT2D eigenvalue weighted by atomic mass is 19.1. The molecule has 202 valence electrons. The molecule has 0 saturated carbocycles. The molecule has 0 bridgehead atoms. The predicted octanol–water partition coefficient (Wildman–Crippen LogP) is 3.84. The number of halogens is 1. The SMILES string of the molecule is Cc1ccc(NC(=O)c2ccccc2F)cc1-c1cc2cnc(=Nc3cnn(C)c3)nc-2n2c1NCC2.O=CO. The lowest BCUT2D eigenvalue weighted by Crippen LogP contribution is -2.17. The maximum atomic E-state index is 14.1. The molecule has 0 fully saturated rings. The van der Waals surface area contributed by atoms with E-state index in [1.807, 2.05) is 38.2 Å². The molecule has 0 aliphatic carbocycles. The Morgan fingerprint density at radius 1 is 1.18 bits per heavy atom. The lowest BCUT2D eigenvalue weighted by Gasteiger charge is -2.19. The fourth-order valence-electron chi connectivity index (χ4n) is 4.54. The number of carbonyl (C=O) groups is 2. The summed E-state index contributed by atoms with van der Waals surface area (Å²) in [5.41, 5.74) is 5.43. The Kier molecular flexibility index (Phi) is 7.31. The Bertz CT molecular complexity index is 1760. The maximum absolute atomic E-state index is 14.1. The second-order valence-electron chi connectivity index (χ2n) is 8.99. The summed E-state index contributed by atoms with van der Waals surface area (Å²) in [4.78, 5) is 34.7. The molecule has 0 saturated heterocycles. The van der Waals surface area contributed by atoms with Crippen molar-refractivity contribution in [1.82, 2.24) is 24.3 Å². The van der Waals surface area contributed by atoms with Crippen molar-refractivity contribution < 1.29 is 19.1 Å². The number of carboxylic acid groups (broad SMARTS) is 1. The molecular formula is C28H25FN8O3. The highest BCUT2D eigenvalue weighted by Crippen LogP contribution is 2.38. The van der Waals surface area contributed by atoms with Crippen molar-refractivity contribution in [1.29, 1.82) is 0 Å². The second kappa shape index (κ2) is 11.2. The third kappa shape index (κ3) is 5.27. The van der Waals surface area contributed by atoms with E-state index in [1.54, 1.807) is 35.4 Å². The molecule has 0 unspecified atom stereocenters. The normalized spacial score (nSPS) is 12.3. The molecule has 3 N–H and O–H groups in total. The quantitative estimate of drug-likeness (QED) is 0.294. The van der Waals surface area contributed by atoms with E-state index in [2.05, 4.69) is 30.3 Å². The van der Waals surface area contributed by atoms with Crippen LogP contribution in [0, 0.1) is 12.7 Å². The van der Waals surface area contributed by atoms with Crippen molar-refractivity contribution in [3.05, 3.63) is 89.7 Å². The van der Waals surface area contributed by atoms with E-state index in [-0.39, 0.29) is 12.0 Å². The van der Waals surface area contributed by atoms with Crippen LogP contribution in [-0.4, -0.2) is 48.3 Å². The molecule has 0 radical (unpaired) electrons. The van der Waals surface area contributed by atoms with Gasteiger partial charge >= 0.3 is 0 Å². The molecule has 11 nitrogen and oxygen atoms in total. The van der Waals surface area contributed by atoms with Crippen LogP contribution in [-0.2, 0) is 18.4 Å². The highest BCUT2D eigenvalue weighted by Gasteiger charge is 2.23. The van der Waals surface area contributed by atoms with Crippen molar-refractivity contribution in [2.45, 2.75) is 13.5 Å². The average molecular weight is 541 g/mol. The fourth-order valence-corrected chi connectivity index (χ4v) is 4.54. The zero-order valence-corrected chi connectivity index (χ0v) is 21.7. The Hall–Kier alpha value is -5.39. The predicted molar refractivity (Wildman–Crippen MR) is 147 cm³/mol. The number of benzene rings is 2. The van der Waals surface area contributed by atoms with Gasteiger partial charge in [-0.1, -0.05) is 18.2 Å². The number of aryl methyl sites for hydroxylation is 2. The van der Waals surface area contributed by atoms with E-state index in [0.29, 0.717) is 17.0 Å². The van der Waals surface area contributed by atoms with Gasteiger partial charge in [-0.25, -0.2) is 14.4 Å². The number of carbonyl (C=O) groups excluding carboxylic acids is 1. The number of amides is 1. The smallest absolute Gasteiger partial charge is 0.290 e. The summed E-state index contributed by atoms with van der Waals surface area (Å²) in [5, 5.41) is 17.3. The number of aromatic nitrogens is 5. The number of hydrogen-bond acceptors (Lipinski definition) is 7. The first-order chi connectivity index (χ1) is 19.4. The highest BCUT2D eigenvalue weighted by molar-refractivity contribution is 6.05. The van der Waals surface area contributed by atoms with Crippen LogP contribution in [0.4, 0.5) is 21.6 Å². The summed E-state index contributed by atoms with van der Waals surface area (Å²) in [6.45, 7) is 3.26. The van der Waals surface area contributed by atoms with Crippen LogP contribution < -0.4 is 16.3 Å². The van der Waals surface area contributed by atoms with Crippen molar-refractivity contribution >= 4 is 29.6 Å². The number of nitrogens with zero attached hydrogens (tertiary/aromatic N) is 6. The van der Waals surface area contributed by atoms with Gasteiger partial charge in [-0.05, 0) is 48.4 Å². The topological polar surface area (TPSA) is 139 Å². The molecule has 4 heterocycles. The molecular weight excluding hydrogens is 515 g/mol. The van der Waals surface area contributed by atoms with Crippen LogP contribution in [0.25, 0.3) is 22.5 Å². The van der Waals surface area contributed by atoms with E-state index in [1.165, 1.54) is 12.1 Å². The lowest BCUT2D eigenvalue weighted by molar-refractivity contribution is -0.122. The Labute approximate surface area is 228 Å². The number of hydrogen-bond donors (Lipinski definition) is 3. The zero-order chi connectivity index (χ0) is 28.2. The summed E-state index contributed by atoms with van der Waals surface area (Å²) in [5.74, 6) is 0.652. The van der Waals surface area contributed by atoms with Gasteiger partial charge in [-0.3, -0.25) is 14.3 Å². The number of pyridine rings is 1. The van der Waals surface area contributed by atoms with Crippen LogP contribution in [0.1, 0.15) is 15.9 Å². The minimum atomic E-state index is -0.560. The summed E-state index contributed by atoms with van der Waals surface area (Å²) in [7, 11) is 1.83.